The molecule has 2 N–H and O–H groups in total. The van der Waals surface area contributed by atoms with Crippen molar-refractivity contribution in [2.75, 3.05) is 13.1 Å². The van der Waals surface area contributed by atoms with Crippen LogP contribution in [0.1, 0.15) is 16.9 Å². The van der Waals surface area contributed by atoms with Gasteiger partial charge in [0.1, 0.15) is 11.2 Å². The average molecular weight is 341 g/mol. The summed E-state index contributed by atoms with van der Waals surface area (Å²) >= 11 is 3.32. The number of likely N-dealkylation sites (tertiary alicyclic amines) is 1. The molecule has 3 rings (SSSR count). The van der Waals surface area contributed by atoms with Crippen LogP contribution >= 0.6 is 15.9 Å². The Bertz CT molecular complexity index is 626. The van der Waals surface area contributed by atoms with E-state index in [1.54, 1.807) is 28.8 Å². The molecule has 2 saturated heterocycles. The van der Waals surface area contributed by atoms with Crippen LogP contribution in [0.3, 0.4) is 0 Å². The summed E-state index contributed by atoms with van der Waals surface area (Å²) in [6, 6.07) is 1.24. The third-order valence-corrected chi connectivity index (χ3v) is 4.20. The Hall–Kier alpha value is -1.83. The number of aromatic nitrogens is 1. The summed E-state index contributed by atoms with van der Waals surface area (Å²) in [6.45, 7) is 0.640. The van der Waals surface area contributed by atoms with E-state index in [1.807, 2.05) is 0 Å². The van der Waals surface area contributed by atoms with Gasteiger partial charge in [0, 0.05) is 24.3 Å². The van der Waals surface area contributed by atoms with Crippen LogP contribution in [0.5, 0.6) is 0 Å². The molecule has 2 fully saturated rings. The van der Waals surface area contributed by atoms with Gasteiger partial charge in [0.15, 0.2) is 0 Å². The van der Waals surface area contributed by atoms with Crippen molar-refractivity contribution >= 4 is 33.8 Å². The maximum Gasteiger partial charge on any atom is 0.322 e. The summed E-state index contributed by atoms with van der Waals surface area (Å²) in [5.74, 6) is -0.505. The molecule has 106 valence electrons. The maximum absolute atomic E-state index is 12.4. The molecule has 1 spiro atoms. The van der Waals surface area contributed by atoms with Gasteiger partial charge in [-0.25, -0.2) is 4.79 Å². The summed E-state index contributed by atoms with van der Waals surface area (Å²) in [5, 5.41) is 4.85. The van der Waals surface area contributed by atoms with Gasteiger partial charge < -0.3 is 14.8 Å². The fraction of sp³-hybridized carbons (Fsp3) is 0.417. The van der Waals surface area contributed by atoms with E-state index in [9.17, 15) is 14.4 Å². The molecular formula is C12H13BrN4O3. The topological polar surface area (TPSA) is 83.4 Å². The van der Waals surface area contributed by atoms with Gasteiger partial charge in [0.25, 0.3) is 11.8 Å². The lowest BCUT2D eigenvalue weighted by atomic mass is 10.00. The quantitative estimate of drug-likeness (QED) is 0.717. The summed E-state index contributed by atoms with van der Waals surface area (Å²) in [4.78, 5) is 37.1. The molecule has 8 heteroatoms. The van der Waals surface area contributed by atoms with Crippen LogP contribution in [0.15, 0.2) is 16.7 Å². The van der Waals surface area contributed by atoms with E-state index >= 15 is 0 Å². The van der Waals surface area contributed by atoms with E-state index in [4.69, 9.17) is 0 Å². The van der Waals surface area contributed by atoms with Crippen LogP contribution in [-0.2, 0) is 11.8 Å². The molecule has 3 heterocycles. The molecule has 0 aromatic carbocycles. The molecule has 2 aliphatic rings. The summed E-state index contributed by atoms with van der Waals surface area (Å²) in [7, 11) is 1.79. The van der Waals surface area contributed by atoms with Crippen molar-refractivity contribution < 1.29 is 14.4 Å². The van der Waals surface area contributed by atoms with Crippen molar-refractivity contribution in [3.8, 4) is 0 Å². The summed E-state index contributed by atoms with van der Waals surface area (Å²) < 4.78 is 2.55. The standard InChI is InChI=1S/C12H13BrN4O3/c1-16-5-7(13)4-8(16)9(18)17-3-2-12(6-17)10(19)14-11(20)15-12/h4-5H,2-3,6H2,1H3,(H2,14,15,19,20). The minimum Gasteiger partial charge on any atom is -0.345 e. The largest absolute Gasteiger partial charge is 0.345 e. The zero-order valence-electron chi connectivity index (χ0n) is 10.8. The molecule has 1 aromatic heterocycles. The number of hydrogen-bond acceptors (Lipinski definition) is 3. The number of hydrogen-bond donors (Lipinski definition) is 2. The highest BCUT2D eigenvalue weighted by Gasteiger charge is 2.51. The highest BCUT2D eigenvalue weighted by molar-refractivity contribution is 9.10. The first kappa shape index (κ1) is 13.2. The molecule has 0 aliphatic carbocycles. The molecule has 0 saturated carbocycles. The van der Waals surface area contributed by atoms with Gasteiger partial charge >= 0.3 is 6.03 Å². The normalized spacial score (nSPS) is 25.2. The van der Waals surface area contributed by atoms with Gasteiger partial charge in [-0.05, 0) is 28.4 Å². The van der Waals surface area contributed by atoms with E-state index < -0.39 is 11.6 Å². The van der Waals surface area contributed by atoms with E-state index in [0.29, 0.717) is 18.7 Å². The first-order valence-corrected chi connectivity index (χ1v) is 6.95. The van der Waals surface area contributed by atoms with E-state index in [1.165, 1.54) is 0 Å². The molecule has 4 amide bonds. The molecule has 7 nitrogen and oxygen atoms in total. The Labute approximate surface area is 123 Å². The smallest absolute Gasteiger partial charge is 0.322 e. The van der Waals surface area contributed by atoms with Crippen molar-refractivity contribution in [1.82, 2.24) is 20.1 Å². The molecular weight excluding hydrogens is 328 g/mol. The van der Waals surface area contributed by atoms with Crippen LogP contribution in [0.4, 0.5) is 4.79 Å². The highest BCUT2D eigenvalue weighted by atomic mass is 79.9. The third kappa shape index (κ3) is 1.91. The van der Waals surface area contributed by atoms with Crippen molar-refractivity contribution in [2.45, 2.75) is 12.0 Å². The minimum absolute atomic E-state index is 0.149. The van der Waals surface area contributed by atoms with Crippen molar-refractivity contribution in [3.05, 3.63) is 22.4 Å². The number of urea groups is 1. The number of carbonyl (C=O) groups excluding carboxylic acids is 3. The first-order chi connectivity index (χ1) is 9.41. The van der Waals surface area contributed by atoms with Crippen LogP contribution in [0.25, 0.3) is 0 Å². The zero-order chi connectivity index (χ0) is 14.5. The third-order valence-electron chi connectivity index (χ3n) is 3.76. The maximum atomic E-state index is 12.4. The first-order valence-electron chi connectivity index (χ1n) is 6.16. The molecule has 1 aromatic rings. The lowest BCUT2D eigenvalue weighted by Gasteiger charge is -2.21. The lowest BCUT2D eigenvalue weighted by molar-refractivity contribution is -0.123. The lowest BCUT2D eigenvalue weighted by Crippen LogP contribution is -2.49. The number of halogens is 1. The SMILES string of the molecule is Cn1cc(Br)cc1C(=O)N1CCC2(C1)NC(=O)NC2=O. The van der Waals surface area contributed by atoms with Crippen molar-refractivity contribution in [1.29, 1.82) is 0 Å². The van der Waals surface area contributed by atoms with E-state index in [-0.39, 0.29) is 18.4 Å². The molecule has 20 heavy (non-hydrogen) atoms. The molecule has 0 radical (unpaired) electrons. The van der Waals surface area contributed by atoms with Gasteiger partial charge in [-0.1, -0.05) is 0 Å². The number of carbonyl (C=O) groups is 3. The van der Waals surface area contributed by atoms with E-state index in [2.05, 4.69) is 26.6 Å². The highest BCUT2D eigenvalue weighted by Crippen LogP contribution is 2.26. The Morgan fingerprint density at radius 3 is 2.75 bits per heavy atom. The van der Waals surface area contributed by atoms with Crippen molar-refractivity contribution in [2.24, 2.45) is 7.05 Å². The predicted octanol–water partition coefficient (Wildman–Crippen LogP) is 0.212. The van der Waals surface area contributed by atoms with Gasteiger partial charge in [0.2, 0.25) is 0 Å². The van der Waals surface area contributed by atoms with Gasteiger partial charge in [-0.2, -0.15) is 0 Å². The second-order valence-electron chi connectivity index (χ2n) is 5.12. The number of aryl methyl sites for hydroxylation is 1. The fourth-order valence-corrected chi connectivity index (χ4v) is 3.22. The minimum atomic E-state index is -0.963. The summed E-state index contributed by atoms with van der Waals surface area (Å²) in [5.41, 5.74) is -0.423. The number of amides is 4. The zero-order valence-corrected chi connectivity index (χ0v) is 12.4. The Morgan fingerprint density at radius 2 is 2.20 bits per heavy atom. The number of rotatable bonds is 1. The monoisotopic (exact) mass is 340 g/mol. The van der Waals surface area contributed by atoms with Crippen LogP contribution < -0.4 is 10.6 Å². The van der Waals surface area contributed by atoms with Gasteiger partial charge in [0.05, 0.1) is 6.54 Å². The van der Waals surface area contributed by atoms with Crippen LogP contribution in [0, 0.1) is 0 Å². The molecule has 1 atom stereocenters. The predicted molar refractivity (Wildman–Crippen MR) is 73.0 cm³/mol. The van der Waals surface area contributed by atoms with Crippen LogP contribution in [0.2, 0.25) is 0 Å². The second kappa shape index (κ2) is 4.34. The Morgan fingerprint density at radius 1 is 1.45 bits per heavy atom. The van der Waals surface area contributed by atoms with Crippen LogP contribution in [-0.4, -0.2) is 45.9 Å². The summed E-state index contributed by atoms with van der Waals surface area (Å²) in [6.07, 6.45) is 2.23. The van der Waals surface area contributed by atoms with Gasteiger partial charge in [-0.15, -0.1) is 0 Å². The number of nitrogens with one attached hydrogen (secondary N) is 2. The second-order valence-corrected chi connectivity index (χ2v) is 6.04. The Balaban J connectivity index is 1.81. The van der Waals surface area contributed by atoms with Gasteiger partial charge in [-0.3, -0.25) is 14.9 Å². The fourth-order valence-electron chi connectivity index (χ4n) is 2.70. The Kier molecular flexibility index (Phi) is 2.86. The number of nitrogens with zero attached hydrogens (tertiary/aromatic N) is 2. The average Bonchev–Trinajstić information content (AvgIpc) is 3.00. The van der Waals surface area contributed by atoms with Crippen molar-refractivity contribution in [3.63, 3.8) is 0 Å². The number of imide groups is 1. The molecule has 1 unspecified atom stereocenters. The molecule has 0 bridgehead atoms. The van der Waals surface area contributed by atoms with E-state index in [0.717, 1.165) is 4.47 Å². The molecule has 2 aliphatic heterocycles.